The third-order valence-electron chi connectivity index (χ3n) is 2.49. The number of alkyl halides is 1. The molecule has 1 aromatic rings. The lowest BCUT2D eigenvalue weighted by atomic mass is 10.3. The van der Waals surface area contributed by atoms with Crippen molar-refractivity contribution >= 4 is 27.7 Å². The molecule has 0 aliphatic rings. The summed E-state index contributed by atoms with van der Waals surface area (Å²) in [6.45, 7) is 6.81. The second-order valence-corrected chi connectivity index (χ2v) is 5.94. The minimum absolute atomic E-state index is 0.633. The molecule has 0 N–H and O–H groups in total. The van der Waals surface area contributed by atoms with Crippen molar-refractivity contribution in [3.8, 4) is 0 Å². The van der Waals surface area contributed by atoms with Gasteiger partial charge in [0.05, 0.1) is 0 Å². The first-order chi connectivity index (χ1) is 7.74. The zero-order valence-corrected chi connectivity index (χ0v) is 12.4. The maximum absolute atomic E-state index is 3.51. The van der Waals surface area contributed by atoms with Crippen LogP contribution in [-0.4, -0.2) is 35.1 Å². The minimum Gasteiger partial charge on any atom is -0.299 e. The van der Waals surface area contributed by atoms with Crippen molar-refractivity contribution < 1.29 is 0 Å². The predicted octanol–water partition coefficient (Wildman–Crippen LogP) is 3.88. The first kappa shape index (κ1) is 14.1. The molecule has 0 aliphatic carbocycles. The van der Waals surface area contributed by atoms with Gasteiger partial charge in [-0.05, 0) is 26.0 Å². The molecule has 1 rings (SSSR count). The van der Waals surface area contributed by atoms with Crippen LogP contribution >= 0.6 is 27.7 Å². The Labute approximate surface area is 112 Å². The molecule has 0 bridgehead atoms. The molecule has 90 valence electrons. The number of nitrogens with zero attached hydrogens (tertiary/aromatic N) is 1. The lowest BCUT2D eigenvalue weighted by Gasteiger charge is -2.25. The van der Waals surface area contributed by atoms with Crippen LogP contribution in [0.25, 0.3) is 0 Å². The standard InChI is InChI=1S/C13H20BrNS/c1-12(2)15(9-8-14)10-11-16-13-6-4-3-5-7-13/h3-7,12H,8-11H2,1-2H3. The van der Waals surface area contributed by atoms with Crippen molar-refractivity contribution in [1.29, 1.82) is 0 Å². The number of rotatable bonds is 7. The fourth-order valence-electron chi connectivity index (χ4n) is 1.53. The van der Waals surface area contributed by atoms with E-state index in [0.717, 1.165) is 24.2 Å². The molecule has 0 atom stereocenters. The highest BCUT2D eigenvalue weighted by Crippen LogP contribution is 2.17. The Morgan fingerprint density at radius 3 is 2.44 bits per heavy atom. The normalized spacial score (nSPS) is 11.3. The average Bonchev–Trinajstić information content (AvgIpc) is 2.29. The summed E-state index contributed by atoms with van der Waals surface area (Å²) in [5.74, 6) is 1.16. The van der Waals surface area contributed by atoms with Gasteiger partial charge in [-0.3, -0.25) is 4.90 Å². The van der Waals surface area contributed by atoms with Gasteiger partial charge < -0.3 is 0 Å². The zero-order chi connectivity index (χ0) is 11.8. The summed E-state index contributed by atoms with van der Waals surface area (Å²) in [4.78, 5) is 3.87. The van der Waals surface area contributed by atoms with Crippen molar-refractivity contribution in [2.24, 2.45) is 0 Å². The van der Waals surface area contributed by atoms with Gasteiger partial charge in [0.2, 0.25) is 0 Å². The van der Waals surface area contributed by atoms with E-state index in [4.69, 9.17) is 0 Å². The summed E-state index contributed by atoms with van der Waals surface area (Å²) in [7, 11) is 0. The summed E-state index contributed by atoms with van der Waals surface area (Å²) in [6, 6.07) is 11.2. The molecule has 3 heteroatoms. The monoisotopic (exact) mass is 301 g/mol. The predicted molar refractivity (Wildman–Crippen MR) is 77.7 cm³/mol. The Hall–Kier alpha value is 0.0100. The molecule has 1 aromatic carbocycles. The van der Waals surface area contributed by atoms with Crippen LogP contribution in [0, 0.1) is 0 Å². The van der Waals surface area contributed by atoms with Crippen molar-refractivity contribution in [3.63, 3.8) is 0 Å². The summed E-state index contributed by atoms with van der Waals surface area (Å²) in [6.07, 6.45) is 0. The zero-order valence-electron chi connectivity index (χ0n) is 10.0. The van der Waals surface area contributed by atoms with Crippen LogP contribution in [0.4, 0.5) is 0 Å². The third-order valence-corrected chi connectivity index (χ3v) is 3.84. The van der Waals surface area contributed by atoms with E-state index in [0.29, 0.717) is 6.04 Å². The molecular weight excluding hydrogens is 282 g/mol. The van der Waals surface area contributed by atoms with Crippen LogP contribution in [0.15, 0.2) is 35.2 Å². The van der Waals surface area contributed by atoms with Gasteiger partial charge in [0.25, 0.3) is 0 Å². The number of hydrogen-bond donors (Lipinski definition) is 0. The van der Waals surface area contributed by atoms with Crippen LogP contribution in [0.2, 0.25) is 0 Å². The summed E-state index contributed by atoms with van der Waals surface area (Å²) < 4.78 is 0. The molecule has 0 unspecified atom stereocenters. The van der Waals surface area contributed by atoms with Crippen molar-refractivity contribution in [2.45, 2.75) is 24.8 Å². The van der Waals surface area contributed by atoms with E-state index in [1.54, 1.807) is 0 Å². The van der Waals surface area contributed by atoms with E-state index >= 15 is 0 Å². The molecule has 0 aromatic heterocycles. The van der Waals surface area contributed by atoms with Crippen LogP contribution in [0.1, 0.15) is 13.8 Å². The van der Waals surface area contributed by atoms with E-state index in [2.05, 4.69) is 65.0 Å². The van der Waals surface area contributed by atoms with E-state index in [1.807, 2.05) is 11.8 Å². The van der Waals surface area contributed by atoms with Crippen molar-refractivity contribution in [3.05, 3.63) is 30.3 Å². The van der Waals surface area contributed by atoms with E-state index in [9.17, 15) is 0 Å². The Morgan fingerprint density at radius 1 is 1.19 bits per heavy atom. The summed E-state index contributed by atoms with van der Waals surface area (Å²) in [5.41, 5.74) is 0. The minimum atomic E-state index is 0.633. The third kappa shape index (κ3) is 5.37. The van der Waals surface area contributed by atoms with Gasteiger partial charge in [0.1, 0.15) is 0 Å². The fraction of sp³-hybridized carbons (Fsp3) is 0.538. The highest BCUT2D eigenvalue weighted by Gasteiger charge is 2.07. The van der Waals surface area contributed by atoms with Gasteiger partial charge in [0.15, 0.2) is 0 Å². The van der Waals surface area contributed by atoms with E-state index in [1.165, 1.54) is 4.90 Å². The molecule has 0 aliphatic heterocycles. The van der Waals surface area contributed by atoms with E-state index in [-0.39, 0.29) is 0 Å². The SMILES string of the molecule is CC(C)N(CCBr)CCSc1ccccc1. The number of hydrogen-bond acceptors (Lipinski definition) is 2. The van der Waals surface area contributed by atoms with Crippen molar-refractivity contribution in [2.75, 3.05) is 24.2 Å². The van der Waals surface area contributed by atoms with Crippen molar-refractivity contribution in [1.82, 2.24) is 4.90 Å². The largest absolute Gasteiger partial charge is 0.299 e. The highest BCUT2D eigenvalue weighted by atomic mass is 79.9. The average molecular weight is 302 g/mol. The Balaban J connectivity index is 2.28. The molecule has 0 spiro atoms. The summed E-state index contributed by atoms with van der Waals surface area (Å²) in [5, 5.41) is 1.06. The molecule has 0 saturated heterocycles. The quantitative estimate of drug-likeness (QED) is 0.555. The second-order valence-electron chi connectivity index (χ2n) is 3.98. The van der Waals surface area contributed by atoms with Crippen LogP contribution in [-0.2, 0) is 0 Å². The maximum atomic E-state index is 3.51. The molecule has 0 radical (unpaired) electrons. The Kier molecular flexibility index (Phi) is 7.17. The smallest absolute Gasteiger partial charge is 0.0159 e. The van der Waals surface area contributed by atoms with E-state index < -0.39 is 0 Å². The molecule has 0 amide bonds. The Morgan fingerprint density at radius 2 is 1.88 bits per heavy atom. The van der Waals surface area contributed by atoms with Gasteiger partial charge in [-0.2, -0.15) is 0 Å². The van der Waals surface area contributed by atoms with Gasteiger partial charge in [-0.25, -0.2) is 0 Å². The second kappa shape index (κ2) is 8.15. The number of thioether (sulfide) groups is 1. The molecule has 0 saturated carbocycles. The van der Waals surface area contributed by atoms with Crippen LogP contribution < -0.4 is 0 Å². The lowest BCUT2D eigenvalue weighted by Crippen LogP contribution is -2.34. The van der Waals surface area contributed by atoms with Gasteiger partial charge in [-0.1, -0.05) is 34.1 Å². The first-order valence-electron chi connectivity index (χ1n) is 5.72. The maximum Gasteiger partial charge on any atom is 0.0159 e. The molecule has 16 heavy (non-hydrogen) atoms. The number of halogens is 1. The molecule has 0 heterocycles. The topological polar surface area (TPSA) is 3.24 Å². The molecule has 0 fully saturated rings. The number of benzene rings is 1. The molecule has 1 nitrogen and oxygen atoms in total. The Bertz CT molecular complexity index is 277. The van der Waals surface area contributed by atoms with Crippen LogP contribution in [0.5, 0.6) is 0 Å². The van der Waals surface area contributed by atoms with Crippen LogP contribution in [0.3, 0.4) is 0 Å². The van der Waals surface area contributed by atoms with Gasteiger partial charge in [-0.15, -0.1) is 11.8 Å². The molecular formula is C13H20BrNS. The summed E-state index contributed by atoms with van der Waals surface area (Å²) >= 11 is 5.44. The lowest BCUT2D eigenvalue weighted by molar-refractivity contribution is 0.251. The fourth-order valence-corrected chi connectivity index (χ4v) is 2.90. The first-order valence-corrected chi connectivity index (χ1v) is 7.82. The van der Waals surface area contributed by atoms with Gasteiger partial charge >= 0.3 is 0 Å². The highest BCUT2D eigenvalue weighted by molar-refractivity contribution is 9.09. The van der Waals surface area contributed by atoms with Gasteiger partial charge in [0, 0.05) is 35.1 Å².